The monoisotopic (exact) mass is 191 g/mol. The minimum absolute atomic E-state index is 0.0533. The van der Waals surface area contributed by atoms with Crippen LogP contribution in [-0.2, 0) is 15.1 Å². The van der Waals surface area contributed by atoms with Crippen molar-refractivity contribution in [1.29, 1.82) is 0 Å². The Morgan fingerprint density at radius 2 is 2.14 bits per heavy atom. The SMILES string of the molecule is CCC1OC1(C(N)=O)c1ccccc1. The highest BCUT2D eigenvalue weighted by Gasteiger charge is 2.61. The van der Waals surface area contributed by atoms with Gasteiger partial charge >= 0.3 is 0 Å². The van der Waals surface area contributed by atoms with Gasteiger partial charge < -0.3 is 10.5 Å². The van der Waals surface area contributed by atoms with Crippen LogP contribution in [0, 0.1) is 0 Å². The topological polar surface area (TPSA) is 55.6 Å². The second kappa shape index (κ2) is 3.10. The summed E-state index contributed by atoms with van der Waals surface area (Å²) >= 11 is 0. The number of nitrogens with two attached hydrogens (primary N) is 1. The molecular weight excluding hydrogens is 178 g/mol. The van der Waals surface area contributed by atoms with Crippen molar-refractivity contribution < 1.29 is 9.53 Å². The van der Waals surface area contributed by atoms with Gasteiger partial charge in [0.15, 0.2) is 5.60 Å². The molecule has 2 unspecified atom stereocenters. The van der Waals surface area contributed by atoms with Crippen molar-refractivity contribution >= 4 is 5.91 Å². The Bertz CT molecular complexity index is 350. The fraction of sp³-hybridized carbons (Fsp3) is 0.364. The van der Waals surface area contributed by atoms with Gasteiger partial charge in [-0.3, -0.25) is 4.79 Å². The molecule has 1 aromatic rings. The van der Waals surface area contributed by atoms with E-state index in [-0.39, 0.29) is 6.10 Å². The maximum atomic E-state index is 11.4. The van der Waals surface area contributed by atoms with E-state index in [9.17, 15) is 4.79 Å². The quantitative estimate of drug-likeness (QED) is 0.729. The Kier molecular flexibility index (Phi) is 2.04. The molecule has 1 aliphatic heterocycles. The van der Waals surface area contributed by atoms with Crippen LogP contribution < -0.4 is 5.73 Å². The lowest BCUT2D eigenvalue weighted by atomic mass is 9.93. The fourth-order valence-corrected chi connectivity index (χ4v) is 1.86. The Morgan fingerprint density at radius 1 is 1.50 bits per heavy atom. The van der Waals surface area contributed by atoms with E-state index in [0.29, 0.717) is 0 Å². The Morgan fingerprint density at radius 3 is 2.57 bits per heavy atom. The second-order valence-corrected chi connectivity index (χ2v) is 3.48. The van der Waals surface area contributed by atoms with Crippen LogP contribution in [-0.4, -0.2) is 12.0 Å². The number of ether oxygens (including phenoxy) is 1. The predicted octanol–water partition coefficient (Wildman–Crippen LogP) is 1.18. The number of carbonyl (C=O) groups excluding carboxylic acids is 1. The zero-order chi connectivity index (χ0) is 10.2. The molecule has 0 aliphatic carbocycles. The number of primary amides is 1. The minimum Gasteiger partial charge on any atom is -0.367 e. The number of benzene rings is 1. The smallest absolute Gasteiger partial charge is 0.257 e. The number of hydrogen-bond donors (Lipinski definition) is 1. The summed E-state index contributed by atoms with van der Waals surface area (Å²) in [7, 11) is 0. The van der Waals surface area contributed by atoms with E-state index in [1.807, 2.05) is 37.3 Å². The van der Waals surface area contributed by atoms with Crippen molar-refractivity contribution in [3.05, 3.63) is 35.9 Å². The molecule has 1 amide bonds. The highest BCUT2D eigenvalue weighted by atomic mass is 16.6. The maximum absolute atomic E-state index is 11.4. The van der Waals surface area contributed by atoms with Gasteiger partial charge in [-0.05, 0) is 12.0 Å². The highest BCUT2D eigenvalue weighted by Crippen LogP contribution is 2.47. The molecule has 0 spiro atoms. The van der Waals surface area contributed by atoms with E-state index in [4.69, 9.17) is 10.5 Å². The second-order valence-electron chi connectivity index (χ2n) is 3.48. The molecule has 2 atom stereocenters. The van der Waals surface area contributed by atoms with Gasteiger partial charge in [-0.25, -0.2) is 0 Å². The summed E-state index contributed by atoms with van der Waals surface area (Å²) in [6.07, 6.45) is 0.750. The normalized spacial score (nSPS) is 29.9. The average Bonchev–Trinajstić information content (AvgIpc) is 2.94. The number of carbonyl (C=O) groups is 1. The first-order valence-electron chi connectivity index (χ1n) is 4.75. The van der Waals surface area contributed by atoms with Crippen molar-refractivity contribution in [2.45, 2.75) is 25.0 Å². The van der Waals surface area contributed by atoms with E-state index in [0.717, 1.165) is 12.0 Å². The maximum Gasteiger partial charge on any atom is 0.257 e. The minimum atomic E-state index is -0.851. The number of epoxide rings is 1. The highest BCUT2D eigenvalue weighted by molar-refractivity contribution is 5.88. The van der Waals surface area contributed by atoms with E-state index >= 15 is 0 Å². The molecule has 0 aromatic heterocycles. The molecule has 74 valence electrons. The first-order chi connectivity index (χ1) is 6.71. The summed E-state index contributed by atoms with van der Waals surface area (Å²) in [5.41, 5.74) is 5.38. The summed E-state index contributed by atoms with van der Waals surface area (Å²) < 4.78 is 5.43. The lowest BCUT2D eigenvalue weighted by Gasteiger charge is -2.08. The molecule has 2 N–H and O–H groups in total. The van der Waals surface area contributed by atoms with Crippen LogP contribution in [0.1, 0.15) is 18.9 Å². The van der Waals surface area contributed by atoms with Crippen molar-refractivity contribution in [2.24, 2.45) is 5.73 Å². The molecule has 14 heavy (non-hydrogen) atoms. The van der Waals surface area contributed by atoms with Crippen LogP contribution >= 0.6 is 0 Å². The van der Waals surface area contributed by atoms with Crippen LogP contribution in [0.25, 0.3) is 0 Å². The lowest BCUT2D eigenvalue weighted by molar-refractivity contribution is -0.123. The molecule has 0 bridgehead atoms. The van der Waals surface area contributed by atoms with E-state index in [1.165, 1.54) is 0 Å². The Hall–Kier alpha value is -1.35. The van der Waals surface area contributed by atoms with Gasteiger partial charge in [-0.1, -0.05) is 37.3 Å². The van der Waals surface area contributed by atoms with Crippen LogP contribution in [0.3, 0.4) is 0 Å². The van der Waals surface area contributed by atoms with E-state index in [1.54, 1.807) is 0 Å². The summed E-state index contributed by atoms with van der Waals surface area (Å²) in [6.45, 7) is 1.98. The van der Waals surface area contributed by atoms with Gasteiger partial charge in [-0.2, -0.15) is 0 Å². The molecule has 0 saturated carbocycles. The Balaban J connectivity index is 2.36. The van der Waals surface area contributed by atoms with E-state index < -0.39 is 11.5 Å². The van der Waals surface area contributed by atoms with Gasteiger partial charge in [0, 0.05) is 0 Å². The van der Waals surface area contributed by atoms with Crippen LogP contribution in [0.5, 0.6) is 0 Å². The first kappa shape index (κ1) is 9.21. The molecular formula is C11H13NO2. The zero-order valence-corrected chi connectivity index (χ0v) is 8.07. The van der Waals surface area contributed by atoms with E-state index in [2.05, 4.69) is 0 Å². The number of amides is 1. The van der Waals surface area contributed by atoms with Crippen LogP contribution in [0.15, 0.2) is 30.3 Å². The molecule has 2 rings (SSSR count). The lowest BCUT2D eigenvalue weighted by Crippen LogP contribution is -2.31. The van der Waals surface area contributed by atoms with Crippen molar-refractivity contribution in [2.75, 3.05) is 0 Å². The summed E-state index contributed by atoms with van der Waals surface area (Å²) in [5.74, 6) is -0.393. The molecule has 3 nitrogen and oxygen atoms in total. The van der Waals surface area contributed by atoms with Crippen molar-refractivity contribution in [3.8, 4) is 0 Å². The first-order valence-corrected chi connectivity index (χ1v) is 4.75. The zero-order valence-electron chi connectivity index (χ0n) is 8.07. The van der Waals surface area contributed by atoms with Gasteiger partial charge in [-0.15, -0.1) is 0 Å². The van der Waals surface area contributed by atoms with Gasteiger partial charge in [0.2, 0.25) is 0 Å². The third-order valence-corrected chi connectivity index (χ3v) is 2.66. The molecule has 1 aromatic carbocycles. The largest absolute Gasteiger partial charge is 0.367 e. The number of hydrogen-bond acceptors (Lipinski definition) is 2. The summed E-state index contributed by atoms with van der Waals surface area (Å²) in [6, 6.07) is 9.42. The van der Waals surface area contributed by atoms with Crippen molar-refractivity contribution in [1.82, 2.24) is 0 Å². The molecule has 1 heterocycles. The fourth-order valence-electron chi connectivity index (χ4n) is 1.86. The molecule has 3 heteroatoms. The third-order valence-electron chi connectivity index (χ3n) is 2.66. The summed E-state index contributed by atoms with van der Waals surface area (Å²) in [4.78, 5) is 11.4. The van der Waals surface area contributed by atoms with Crippen LogP contribution in [0.4, 0.5) is 0 Å². The Labute approximate surface area is 82.9 Å². The van der Waals surface area contributed by atoms with Gasteiger partial charge in [0.1, 0.15) is 6.10 Å². The van der Waals surface area contributed by atoms with Gasteiger partial charge in [0.25, 0.3) is 5.91 Å². The van der Waals surface area contributed by atoms with Crippen molar-refractivity contribution in [3.63, 3.8) is 0 Å². The molecule has 1 fully saturated rings. The third kappa shape index (κ3) is 1.13. The average molecular weight is 191 g/mol. The summed E-state index contributed by atoms with van der Waals surface area (Å²) in [5, 5.41) is 0. The molecule has 1 aliphatic rings. The van der Waals surface area contributed by atoms with Gasteiger partial charge in [0.05, 0.1) is 0 Å². The molecule has 1 saturated heterocycles. The standard InChI is InChI=1S/C11H13NO2/c1-2-9-11(14-9,10(12)13)8-6-4-3-5-7-8/h3-7,9H,2H2,1H3,(H2,12,13). The number of rotatable bonds is 3. The predicted molar refractivity (Wildman–Crippen MR) is 52.5 cm³/mol. The molecule has 0 radical (unpaired) electrons. The van der Waals surface area contributed by atoms with Crippen LogP contribution in [0.2, 0.25) is 0 Å².